The molecule has 3 aliphatic carbocycles. The van der Waals surface area contributed by atoms with Crippen LogP contribution in [-0.4, -0.2) is 22.2 Å². The molecule has 1 unspecified atom stereocenters. The Morgan fingerprint density at radius 2 is 2.00 bits per heavy atom. The summed E-state index contributed by atoms with van der Waals surface area (Å²) < 4.78 is 19.7. The van der Waals surface area contributed by atoms with Crippen LogP contribution in [0.5, 0.6) is 5.75 Å². The van der Waals surface area contributed by atoms with Crippen molar-refractivity contribution in [2.24, 2.45) is 29.6 Å². The molecule has 3 fully saturated rings. The first-order valence-corrected chi connectivity index (χ1v) is 9.05. The number of ether oxygens (including phenoxy) is 1. The van der Waals surface area contributed by atoms with E-state index in [2.05, 4.69) is 4.98 Å². The van der Waals surface area contributed by atoms with Crippen molar-refractivity contribution in [2.45, 2.75) is 31.8 Å². The van der Waals surface area contributed by atoms with Gasteiger partial charge in [-0.1, -0.05) is 0 Å². The molecule has 1 aromatic carbocycles. The van der Waals surface area contributed by atoms with Gasteiger partial charge < -0.3 is 9.84 Å². The van der Waals surface area contributed by atoms with Gasteiger partial charge in [0, 0.05) is 11.6 Å². The minimum Gasteiger partial charge on any atom is -0.490 e. The SMILES string of the molecule is O=C(O)C(C1CC1)[C@H]1[C@@H]2C[C@H](Oc3ccnc4ccc(F)cc34)C[C@@H]21. The van der Waals surface area contributed by atoms with E-state index in [4.69, 9.17) is 4.74 Å². The van der Waals surface area contributed by atoms with Crippen LogP contribution >= 0.6 is 0 Å². The fourth-order valence-corrected chi connectivity index (χ4v) is 4.98. The molecular formula is C20H20FNO3. The van der Waals surface area contributed by atoms with E-state index in [-0.39, 0.29) is 17.8 Å². The molecule has 0 amide bonds. The number of pyridine rings is 1. The van der Waals surface area contributed by atoms with Gasteiger partial charge in [0.2, 0.25) is 0 Å². The summed E-state index contributed by atoms with van der Waals surface area (Å²) in [7, 11) is 0. The van der Waals surface area contributed by atoms with Crippen molar-refractivity contribution in [3.8, 4) is 5.75 Å². The number of rotatable bonds is 5. The van der Waals surface area contributed by atoms with E-state index in [9.17, 15) is 14.3 Å². The molecule has 25 heavy (non-hydrogen) atoms. The van der Waals surface area contributed by atoms with Crippen molar-refractivity contribution in [3.05, 3.63) is 36.3 Å². The lowest BCUT2D eigenvalue weighted by Gasteiger charge is -2.20. The number of hydrogen-bond acceptors (Lipinski definition) is 3. The fraction of sp³-hybridized carbons (Fsp3) is 0.500. The standard InChI is InChI=1S/C20H20FNO3/c21-11-3-4-16-15(7-11)17(5-6-22-16)25-12-8-13-14(9-12)19(13)18(20(23)24)10-1-2-10/h3-7,10,12-14,18-19H,1-2,8-9H2,(H,23,24)/t12-,13+,14-,18?,19-. The second kappa shape index (κ2) is 5.41. The van der Waals surface area contributed by atoms with E-state index in [1.807, 2.05) is 0 Å². The summed E-state index contributed by atoms with van der Waals surface area (Å²) >= 11 is 0. The Morgan fingerprint density at radius 3 is 2.68 bits per heavy atom. The Morgan fingerprint density at radius 1 is 1.24 bits per heavy atom. The van der Waals surface area contributed by atoms with Gasteiger partial charge in [0.1, 0.15) is 11.6 Å². The van der Waals surface area contributed by atoms with Gasteiger partial charge in [-0.25, -0.2) is 4.39 Å². The summed E-state index contributed by atoms with van der Waals surface area (Å²) in [4.78, 5) is 15.8. The second-order valence-corrected chi connectivity index (χ2v) is 7.79. The third kappa shape index (κ3) is 2.57. The van der Waals surface area contributed by atoms with E-state index < -0.39 is 5.97 Å². The number of benzene rings is 1. The molecule has 1 aromatic heterocycles. The maximum atomic E-state index is 13.6. The average molecular weight is 341 g/mol. The van der Waals surface area contributed by atoms with Crippen LogP contribution in [-0.2, 0) is 4.79 Å². The normalized spacial score (nSPS) is 31.6. The molecule has 0 bridgehead atoms. The lowest BCUT2D eigenvalue weighted by atomic mass is 9.92. The van der Waals surface area contributed by atoms with Crippen LogP contribution in [0.3, 0.4) is 0 Å². The number of halogens is 1. The van der Waals surface area contributed by atoms with Gasteiger partial charge in [-0.15, -0.1) is 0 Å². The monoisotopic (exact) mass is 341 g/mol. The van der Waals surface area contributed by atoms with Crippen LogP contribution < -0.4 is 4.74 Å². The molecule has 0 saturated heterocycles. The number of carbonyl (C=O) groups is 1. The first kappa shape index (κ1) is 15.1. The van der Waals surface area contributed by atoms with E-state index >= 15 is 0 Å². The summed E-state index contributed by atoms with van der Waals surface area (Å²) in [6.07, 6.45) is 5.73. The highest BCUT2D eigenvalue weighted by Crippen LogP contribution is 2.64. The lowest BCUT2D eigenvalue weighted by Crippen LogP contribution is -2.24. The molecule has 0 aliphatic heterocycles. The molecule has 4 nitrogen and oxygen atoms in total. The van der Waals surface area contributed by atoms with E-state index in [0.717, 1.165) is 31.2 Å². The van der Waals surface area contributed by atoms with Crippen LogP contribution in [0.1, 0.15) is 25.7 Å². The Balaban J connectivity index is 1.29. The third-order valence-corrected chi connectivity index (χ3v) is 6.25. The summed E-state index contributed by atoms with van der Waals surface area (Å²) in [6, 6.07) is 6.31. The zero-order valence-corrected chi connectivity index (χ0v) is 13.8. The Kier molecular flexibility index (Phi) is 3.27. The molecule has 1 heterocycles. The van der Waals surface area contributed by atoms with Crippen LogP contribution in [0.15, 0.2) is 30.5 Å². The first-order valence-electron chi connectivity index (χ1n) is 9.05. The van der Waals surface area contributed by atoms with Crippen molar-refractivity contribution in [3.63, 3.8) is 0 Å². The minimum absolute atomic E-state index is 0.0914. The quantitative estimate of drug-likeness (QED) is 0.896. The molecule has 5 heteroatoms. The zero-order valence-electron chi connectivity index (χ0n) is 13.8. The van der Waals surface area contributed by atoms with Crippen molar-refractivity contribution < 1.29 is 19.0 Å². The number of fused-ring (bicyclic) bond motifs is 2. The smallest absolute Gasteiger partial charge is 0.307 e. The fourth-order valence-electron chi connectivity index (χ4n) is 4.98. The molecule has 5 rings (SSSR count). The summed E-state index contributed by atoms with van der Waals surface area (Å²) in [6.45, 7) is 0. The van der Waals surface area contributed by atoms with Crippen LogP contribution in [0.2, 0.25) is 0 Å². The maximum Gasteiger partial charge on any atom is 0.307 e. The molecule has 3 aliphatic rings. The summed E-state index contributed by atoms with van der Waals surface area (Å²) in [5, 5.41) is 10.2. The highest BCUT2D eigenvalue weighted by Gasteiger charge is 2.63. The van der Waals surface area contributed by atoms with Crippen molar-refractivity contribution >= 4 is 16.9 Å². The van der Waals surface area contributed by atoms with Crippen molar-refractivity contribution in [1.82, 2.24) is 4.98 Å². The highest BCUT2D eigenvalue weighted by atomic mass is 19.1. The molecule has 5 atom stereocenters. The molecule has 0 radical (unpaired) electrons. The molecule has 130 valence electrons. The molecule has 0 spiro atoms. The van der Waals surface area contributed by atoms with Crippen molar-refractivity contribution in [1.29, 1.82) is 0 Å². The number of carboxylic acid groups (broad SMARTS) is 1. The topological polar surface area (TPSA) is 59.4 Å². The molecular weight excluding hydrogens is 321 g/mol. The maximum absolute atomic E-state index is 13.6. The van der Waals surface area contributed by atoms with Gasteiger partial charge in [-0.05, 0) is 73.6 Å². The van der Waals surface area contributed by atoms with E-state index in [0.29, 0.717) is 34.8 Å². The van der Waals surface area contributed by atoms with E-state index in [1.54, 1.807) is 18.3 Å². The molecule has 1 N–H and O–H groups in total. The summed E-state index contributed by atoms with van der Waals surface area (Å²) in [5.41, 5.74) is 0.722. The minimum atomic E-state index is -0.616. The predicted molar refractivity (Wildman–Crippen MR) is 89.7 cm³/mol. The number of nitrogens with zero attached hydrogens (tertiary/aromatic N) is 1. The van der Waals surface area contributed by atoms with Gasteiger partial charge in [0.05, 0.1) is 17.5 Å². The van der Waals surface area contributed by atoms with Gasteiger partial charge in [-0.3, -0.25) is 9.78 Å². The molecule has 2 aromatic rings. The molecule has 3 saturated carbocycles. The number of hydrogen-bond donors (Lipinski definition) is 1. The van der Waals surface area contributed by atoms with E-state index in [1.165, 1.54) is 12.1 Å². The van der Waals surface area contributed by atoms with Crippen LogP contribution in [0, 0.1) is 35.4 Å². The van der Waals surface area contributed by atoms with Crippen LogP contribution in [0.4, 0.5) is 4.39 Å². The third-order valence-electron chi connectivity index (χ3n) is 6.25. The predicted octanol–water partition coefficient (Wildman–Crippen LogP) is 3.89. The average Bonchev–Trinajstić information content (AvgIpc) is 3.48. The zero-order chi connectivity index (χ0) is 17.1. The van der Waals surface area contributed by atoms with Gasteiger partial charge in [0.15, 0.2) is 0 Å². The highest BCUT2D eigenvalue weighted by molar-refractivity contribution is 5.84. The van der Waals surface area contributed by atoms with Gasteiger partial charge >= 0.3 is 5.97 Å². The lowest BCUT2D eigenvalue weighted by molar-refractivity contribution is -0.143. The van der Waals surface area contributed by atoms with Gasteiger partial charge in [0.25, 0.3) is 0 Å². The Hall–Kier alpha value is -2.17. The largest absolute Gasteiger partial charge is 0.490 e. The van der Waals surface area contributed by atoms with Gasteiger partial charge in [-0.2, -0.15) is 0 Å². The number of carboxylic acids is 1. The number of aromatic nitrogens is 1. The Labute approximate surface area is 145 Å². The number of aliphatic carboxylic acids is 1. The first-order chi connectivity index (χ1) is 12.1. The second-order valence-electron chi connectivity index (χ2n) is 7.79. The van der Waals surface area contributed by atoms with Crippen molar-refractivity contribution in [2.75, 3.05) is 0 Å². The Bertz CT molecular complexity index is 838. The summed E-state index contributed by atoms with van der Waals surface area (Å²) in [5.74, 6) is 1.32. The van der Waals surface area contributed by atoms with Crippen LogP contribution in [0.25, 0.3) is 10.9 Å².